The van der Waals surface area contributed by atoms with Gasteiger partial charge in [0.25, 0.3) is 5.78 Å². The predicted octanol–water partition coefficient (Wildman–Crippen LogP) is 0.906. The summed E-state index contributed by atoms with van der Waals surface area (Å²) < 4.78 is 0. The van der Waals surface area contributed by atoms with Crippen LogP contribution in [0.1, 0.15) is 23.2 Å². The summed E-state index contributed by atoms with van der Waals surface area (Å²) in [7, 11) is 0. The summed E-state index contributed by atoms with van der Waals surface area (Å²) >= 11 is 0. The van der Waals surface area contributed by atoms with Crippen molar-refractivity contribution in [2.24, 2.45) is 0 Å². The van der Waals surface area contributed by atoms with E-state index in [1.165, 1.54) is 0 Å². The van der Waals surface area contributed by atoms with Crippen molar-refractivity contribution in [3.8, 4) is 0 Å². The molecule has 4 atom stereocenters. The molecule has 8 nitrogen and oxygen atoms in total. The number of piperidine rings is 1. The molecule has 1 saturated heterocycles. The molecule has 0 unspecified atom stereocenters. The number of ketones is 1. The van der Waals surface area contributed by atoms with E-state index in [4.69, 9.17) is 0 Å². The SMILES string of the molecule is O=C1[C@H]([N+](=O)[O-])[C@H](c2ccccc2)[NH2+][C@@H](c2ccccc2)[C@H]1[N+](=O)[O-]. The van der Waals surface area contributed by atoms with E-state index in [0.29, 0.717) is 11.1 Å². The number of hydrogen-bond donors (Lipinski definition) is 1. The third kappa shape index (κ3) is 3.11. The first-order chi connectivity index (χ1) is 12.0. The number of carbonyl (C=O) groups excluding carboxylic acids is 1. The highest BCUT2D eigenvalue weighted by atomic mass is 16.6. The number of quaternary nitrogens is 1. The zero-order valence-electron chi connectivity index (χ0n) is 13.1. The molecule has 1 fully saturated rings. The highest BCUT2D eigenvalue weighted by molar-refractivity contribution is 5.89. The fourth-order valence-electron chi connectivity index (χ4n) is 3.37. The molecule has 2 N–H and O–H groups in total. The molecule has 3 rings (SSSR count). The number of Topliss-reactive ketones (excluding diaryl/α,β-unsaturated/α-hetero) is 1. The Bertz CT molecular complexity index is 731. The Morgan fingerprint density at radius 2 is 1.08 bits per heavy atom. The van der Waals surface area contributed by atoms with Crippen LogP contribution < -0.4 is 5.32 Å². The molecule has 0 bridgehead atoms. The van der Waals surface area contributed by atoms with Crippen molar-refractivity contribution in [1.29, 1.82) is 0 Å². The Labute approximate surface area is 142 Å². The Balaban J connectivity index is 2.09. The molecule has 2 aromatic rings. The number of nitrogens with zero attached hydrogens (tertiary/aromatic N) is 2. The summed E-state index contributed by atoms with van der Waals surface area (Å²) in [4.78, 5) is 34.2. The van der Waals surface area contributed by atoms with Crippen LogP contribution in [-0.2, 0) is 4.79 Å². The van der Waals surface area contributed by atoms with Gasteiger partial charge in [-0.3, -0.25) is 25.0 Å². The van der Waals surface area contributed by atoms with Crippen LogP contribution >= 0.6 is 0 Å². The van der Waals surface area contributed by atoms with E-state index in [1.54, 1.807) is 66.0 Å². The highest BCUT2D eigenvalue weighted by Crippen LogP contribution is 2.28. The molecule has 8 heteroatoms. The molecule has 0 aliphatic carbocycles. The van der Waals surface area contributed by atoms with Gasteiger partial charge >= 0.3 is 12.1 Å². The molecule has 0 radical (unpaired) electrons. The van der Waals surface area contributed by atoms with Gasteiger partial charge in [-0.15, -0.1) is 0 Å². The summed E-state index contributed by atoms with van der Waals surface area (Å²) in [5, 5.41) is 24.6. The van der Waals surface area contributed by atoms with E-state index in [0.717, 1.165) is 0 Å². The first-order valence-electron chi connectivity index (χ1n) is 7.76. The Morgan fingerprint density at radius 3 is 1.40 bits per heavy atom. The van der Waals surface area contributed by atoms with Crippen molar-refractivity contribution in [2.75, 3.05) is 0 Å². The van der Waals surface area contributed by atoms with Gasteiger partial charge < -0.3 is 5.32 Å². The fraction of sp³-hybridized carbons (Fsp3) is 0.235. The molecule has 0 saturated carbocycles. The van der Waals surface area contributed by atoms with E-state index in [-0.39, 0.29) is 0 Å². The molecule has 0 amide bonds. The van der Waals surface area contributed by atoms with Crippen LogP contribution in [0.3, 0.4) is 0 Å². The Kier molecular flexibility index (Phi) is 4.53. The maximum atomic E-state index is 12.7. The molecule has 25 heavy (non-hydrogen) atoms. The van der Waals surface area contributed by atoms with Crippen LogP contribution in [0.25, 0.3) is 0 Å². The van der Waals surface area contributed by atoms with E-state index >= 15 is 0 Å². The van der Waals surface area contributed by atoms with Crippen molar-refractivity contribution in [3.63, 3.8) is 0 Å². The van der Waals surface area contributed by atoms with Gasteiger partial charge in [0.15, 0.2) is 12.1 Å². The summed E-state index contributed by atoms with van der Waals surface area (Å²) in [6.07, 6.45) is 0. The van der Waals surface area contributed by atoms with Crippen molar-refractivity contribution < 1.29 is 20.0 Å². The van der Waals surface area contributed by atoms with Crippen LogP contribution in [0.2, 0.25) is 0 Å². The molecule has 0 aromatic heterocycles. The van der Waals surface area contributed by atoms with E-state index in [9.17, 15) is 25.0 Å². The smallest absolute Gasteiger partial charge is 0.321 e. The monoisotopic (exact) mass is 342 g/mol. The van der Waals surface area contributed by atoms with Gasteiger partial charge in [0, 0.05) is 21.0 Å². The molecule has 1 heterocycles. The molecule has 1 aliphatic rings. The van der Waals surface area contributed by atoms with E-state index in [1.807, 2.05) is 0 Å². The van der Waals surface area contributed by atoms with Crippen molar-refractivity contribution >= 4 is 5.78 Å². The van der Waals surface area contributed by atoms with E-state index < -0.39 is 39.8 Å². The average Bonchev–Trinajstić information content (AvgIpc) is 2.61. The third-order valence-electron chi connectivity index (χ3n) is 4.50. The molecular weight excluding hydrogens is 326 g/mol. The van der Waals surface area contributed by atoms with Gasteiger partial charge in [-0.2, -0.15) is 0 Å². The van der Waals surface area contributed by atoms with Gasteiger partial charge in [-0.1, -0.05) is 60.7 Å². The van der Waals surface area contributed by atoms with E-state index in [2.05, 4.69) is 0 Å². The van der Waals surface area contributed by atoms with Crippen molar-refractivity contribution in [3.05, 3.63) is 92.0 Å². The standard InChI is InChI=1S/C17H15N3O5/c21-17-15(19(22)23)13(11-7-3-1-4-8-11)18-14(16(17)20(24)25)12-9-5-2-6-10-12/h1-10,13-16,18H/p+1/t13-,14-,15+,16+/m0/s1. The fourth-order valence-corrected chi connectivity index (χ4v) is 3.37. The molecule has 0 spiro atoms. The second kappa shape index (κ2) is 6.78. The van der Waals surface area contributed by atoms with Crippen LogP contribution in [-0.4, -0.2) is 27.7 Å². The first-order valence-corrected chi connectivity index (χ1v) is 7.76. The predicted molar refractivity (Wildman–Crippen MR) is 86.9 cm³/mol. The summed E-state index contributed by atoms with van der Waals surface area (Å²) in [6, 6.07) is 12.3. The van der Waals surface area contributed by atoms with Crippen LogP contribution in [0.5, 0.6) is 0 Å². The maximum absolute atomic E-state index is 12.7. The normalized spacial score (nSPS) is 26.2. The van der Waals surface area contributed by atoms with Gasteiger partial charge in [-0.25, -0.2) is 0 Å². The molecule has 128 valence electrons. The largest absolute Gasteiger partial charge is 0.332 e. The van der Waals surface area contributed by atoms with Crippen molar-refractivity contribution in [2.45, 2.75) is 24.2 Å². The molecule has 1 aliphatic heterocycles. The average molecular weight is 342 g/mol. The number of benzene rings is 2. The van der Waals surface area contributed by atoms with Gasteiger partial charge in [-0.05, 0) is 0 Å². The summed E-state index contributed by atoms with van der Waals surface area (Å²) in [6.45, 7) is 0. The van der Waals surface area contributed by atoms with Crippen LogP contribution in [0, 0.1) is 20.2 Å². The molecule has 2 aromatic carbocycles. The van der Waals surface area contributed by atoms with Crippen LogP contribution in [0.15, 0.2) is 60.7 Å². The summed E-state index contributed by atoms with van der Waals surface area (Å²) in [5.74, 6) is -0.958. The second-order valence-corrected chi connectivity index (χ2v) is 5.93. The number of hydrogen-bond acceptors (Lipinski definition) is 5. The lowest BCUT2D eigenvalue weighted by Gasteiger charge is -2.30. The Hall–Kier alpha value is -3.13. The molecular formula is C17H16N3O5+. The maximum Gasteiger partial charge on any atom is 0.332 e. The number of carbonyl (C=O) groups is 1. The Morgan fingerprint density at radius 1 is 0.720 bits per heavy atom. The lowest BCUT2D eigenvalue weighted by Crippen LogP contribution is -2.95. The number of rotatable bonds is 4. The summed E-state index contributed by atoms with van der Waals surface area (Å²) in [5.41, 5.74) is 1.19. The zero-order chi connectivity index (χ0) is 18.0. The lowest BCUT2D eigenvalue weighted by atomic mass is 9.82. The van der Waals surface area contributed by atoms with Gasteiger partial charge in [0.2, 0.25) is 0 Å². The van der Waals surface area contributed by atoms with Crippen LogP contribution in [0.4, 0.5) is 0 Å². The first kappa shape index (κ1) is 16.7. The minimum atomic E-state index is -1.65. The minimum Gasteiger partial charge on any atom is -0.321 e. The second-order valence-electron chi connectivity index (χ2n) is 5.93. The number of nitrogens with two attached hydrogens (primary N) is 1. The zero-order valence-corrected chi connectivity index (χ0v) is 13.1. The quantitative estimate of drug-likeness (QED) is 0.654. The van der Waals surface area contributed by atoms with Gasteiger partial charge in [0.05, 0.1) is 0 Å². The van der Waals surface area contributed by atoms with Crippen molar-refractivity contribution in [1.82, 2.24) is 0 Å². The van der Waals surface area contributed by atoms with Gasteiger partial charge in [0.1, 0.15) is 0 Å². The minimum absolute atomic E-state index is 0.597. The third-order valence-corrected chi connectivity index (χ3v) is 4.50. The lowest BCUT2D eigenvalue weighted by molar-refractivity contribution is -0.790. The highest BCUT2D eigenvalue weighted by Gasteiger charge is 2.60. The number of nitro groups is 2. The topological polar surface area (TPSA) is 120 Å².